The highest BCUT2D eigenvalue weighted by Crippen LogP contribution is 1.92. The van der Waals surface area contributed by atoms with Gasteiger partial charge in [-0.3, -0.25) is 4.21 Å². The lowest BCUT2D eigenvalue weighted by Gasteiger charge is -2.17. The van der Waals surface area contributed by atoms with Gasteiger partial charge in [0.1, 0.15) is 6.04 Å². The molecule has 4 N–H and O–H groups in total. The molecule has 0 aliphatic heterocycles. The minimum absolute atomic E-state index is 0.0587. The van der Waals surface area contributed by atoms with E-state index in [4.69, 9.17) is 10.2 Å². The van der Waals surface area contributed by atoms with E-state index in [1.54, 1.807) is 6.92 Å². The van der Waals surface area contributed by atoms with Crippen molar-refractivity contribution in [2.75, 3.05) is 18.6 Å². The molecule has 0 aliphatic carbocycles. The monoisotopic (exact) mass is 266 g/mol. The molecule has 0 aliphatic rings. The minimum atomic E-state index is -1.21. The number of aliphatic hydroxyl groups is 1. The number of aliphatic hydroxyl groups excluding tert-OH is 1. The van der Waals surface area contributed by atoms with E-state index in [-0.39, 0.29) is 19.1 Å². The number of hydrogen-bond acceptors (Lipinski definition) is 4. The van der Waals surface area contributed by atoms with Gasteiger partial charge in [-0.2, -0.15) is 0 Å². The fraction of sp³-hybridized carbons (Fsp3) is 0.778. The molecular weight excluding hydrogens is 248 g/mol. The maximum absolute atomic E-state index is 11.4. The topological polar surface area (TPSA) is 116 Å². The third-order valence-electron chi connectivity index (χ3n) is 1.88. The van der Waals surface area contributed by atoms with Crippen molar-refractivity contribution in [1.82, 2.24) is 10.6 Å². The van der Waals surface area contributed by atoms with Crippen molar-refractivity contribution in [3.8, 4) is 0 Å². The first-order valence-corrected chi connectivity index (χ1v) is 6.80. The standard InChI is InChI=1S/C9H18N2O5S/c1-6(5-17(2)16)10-9(15)11-7(3-4-12)8(13)14/h6-7,12H,3-5H2,1-2H3,(H,13,14)(H2,10,11,15). The van der Waals surface area contributed by atoms with Crippen LogP contribution in [0.2, 0.25) is 0 Å². The Morgan fingerprint density at radius 3 is 2.35 bits per heavy atom. The maximum atomic E-state index is 11.4. The fourth-order valence-corrected chi connectivity index (χ4v) is 1.99. The predicted molar refractivity (Wildman–Crippen MR) is 63.2 cm³/mol. The Kier molecular flexibility index (Phi) is 7.47. The van der Waals surface area contributed by atoms with Crippen LogP contribution in [0.3, 0.4) is 0 Å². The average Bonchev–Trinajstić information content (AvgIpc) is 2.14. The number of carboxylic acid groups (broad SMARTS) is 1. The second kappa shape index (κ2) is 8.02. The number of carbonyl (C=O) groups excluding carboxylic acids is 1. The normalized spacial score (nSPS) is 15.7. The van der Waals surface area contributed by atoms with Gasteiger partial charge < -0.3 is 20.8 Å². The van der Waals surface area contributed by atoms with E-state index in [1.807, 2.05) is 0 Å². The summed E-state index contributed by atoms with van der Waals surface area (Å²) in [4.78, 5) is 22.0. The van der Waals surface area contributed by atoms with Gasteiger partial charge in [0.05, 0.1) is 0 Å². The van der Waals surface area contributed by atoms with Crippen molar-refractivity contribution in [1.29, 1.82) is 0 Å². The van der Waals surface area contributed by atoms with Crippen LogP contribution in [0.1, 0.15) is 13.3 Å². The molecule has 7 nitrogen and oxygen atoms in total. The molecule has 0 bridgehead atoms. The molecule has 8 heteroatoms. The van der Waals surface area contributed by atoms with Crippen LogP contribution in [0.15, 0.2) is 0 Å². The average molecular weight is 266 g/mol. The molecule has 0 saturated carbocycles. The number of nitrogens with one attached hydrogen (secondary N) is 2. The molecule has 0 heterocycles. The van der Waals surface area contributed by atoms with E-state index < -0.39 is 28.8 Å². The van der Waals surface area contributed by atoms with E-state index in [0.717, 1.165) is 0 Å². The quantitative estimate of drug-likeness (QED) is 0.466. The zero-order chi connectivity index (χ0) is 13.4. The summed E-state index contributed by atoms with van der Waals surface area (Å²) < 4.78 is 10.9. The lowest BCUT2D eigenvalue weighted by Crippen LogP contribution is -2.49. The van der Waals surface area contributed by atoms with Gasteiger partial charge in [-0.25, -0.2) is 9.59 Å². The van der Waals surface area contributed by atoms with E-state index in [0.29, 0.717) is 5.75 Å². The Labute approximate surface area is 102 Å². The van der Waals surface area contributed by atoms with Gasteiger partial charge in [-0.15, -0.1) is 0 Å². The van der Waals surface area contributed by atoms with Gasteiger partial charge in [0.2, 0.25) is 0 Å². The second-order valence-electron chi connectivity index (χ2n) is 3.66. The Balaban J connectivity index is 4.14. The molecule has 0 rings (SSSR count). The Morgan fingerprint density at radius 1 is 1.35 bits per heavy atom. The molecule has 17 heavy (non-hydrogen) atoms. The highest BCUT2D eigenvalue weighted by molar-refractivity contribution is 7.84. The Hall–Kier alpha value is -1.15. The summed E-state index contributed by atoms with van der Waals surface area (Å²) in [6.07, 6.45) is 1.46. The molecule has 0 aromatic heterocycles. The van der Waals surface area contributed by atoms with Crippen molar-refractivity contribution >= 4 is 22.8 Å². The van der Waals surface area contributed by atoms with Crippen LogP contribution in [0.4, 0.5) is 4.79 Å². The third kappa shape index (κ3) is 7.70. The molecule has 0 fully saturated rings. The maximum Gasteiger partial charge on any atom is 0.326 e. The van der Waals surface area contributed by atoms with E-state index >= 15 is 0 Å². The summed E-state index contributed by atoms with van der Waals surface area (Å²) >= 11 is 0. The summed E-state index contributed by atoms with van der Waals surface area (Å²) in [5.41, 5.74) is 0. The van der Waals surface area contributed by atoms with Gasteiger partial charge >= 0.3 is 12.0 Å². The lowest BCUT2D eigenvalue weighted by molar-refractivity contribution is -0.139. The Morgan fingerprint density at radius 2 is 1.94 bits per heavy atom. The van der Waals surface area contributed by atoms with E-state index in [2.05, 4.69) is 10.6 Å². The van der Waals surface area contributed by atoms with Crippen molar-refractivity contribution < 1.29 is 24.0 Å². The van der Waals surface area contributed by atoms with Crippen molar-refractivity contribution in [2.24, 2.45) is 0 Å². The highest BCUT2D eigenvalue weighted by Gasteiger charge is 2.19. The molecule has 3 atom stereocenters. The van der Waals surface area contributed by atoms with Crippen molar-refractivity contribution in [3.05, 3.63) is 0 Å². The van der Waals surface area contributed by atoms with Crippen LogP contribution in [-0.4, -0.2) is 57.1 Å². The highest BCUT2D eigenvalue weighted by atomic mass is 32.2. The molecule has 0 radical (unpaired) electrons. The summed E-state index contributed by atoms with van der Waals surface area (Å²) in [7, 11) is -1.04. The first-order chi connectivity index (χ1) is 7.86. The number of carboxylic acids is 1. The van der Waals surface area contributed by atoms with Crippen LogP contribution < -0.4 is 10.6 Å². The number of rotatable bonds is 7. The molecule has 0 saturated heterocycles. The zero-order valence-corrected chi connectivity index (χ0v) is 10.6. The first-order valence-electron chi connectivity index (χ1n) is 5.07. The smallest absolute Gasteiger partial charge is 0.326 e. The van der Waals surface area contributed by atoms with Gasteiger partial charge in [0, 0.05) is 41.9 Å². The SMILES string of the molecule is CC(CS(C)=O)NC(=O)NC(CCO)C(=O)O. The third-order valence-corrected chi connectivity index (χ3v) is 2.85. The lowest BCUT2D eigenvalue weighted by atomic mass is 10.2. The van der Waals surface area contributed by atoms with Crippen LogP contribution in [0, 0.1) is 0 Å². The largest absolute Gasteiger partial charge is 0.480 e. The number of amides is 2. The predicted octanol–water partition coefficient (Wildman–Crippen LogP) is -1.11. The van der Waals surface area contributed by atoms with Crippen LogP contribution in [-0.2, 0) is 15.6 Å². The van der Waals surface area contributed by atoms with Crippen LogP contribution in [0.25, 0.3) is 0 Å². The van der Waals surface area contributed by atoms with Gasteiger partial charge in [0.15, 0.2) is 0 Å². The Bertz CT molecular complexity index is 297. The second-order valence-corrected chi connectivity index (χ2v) is 5.14. The number of urea groups is 1. The molecule has 100 valence electrons. The summed E-state index contributed by atoms with van der Waals surface area (Å²) in [6.45, 7) is 1.34. The first kappa shape index (κ1) is 15.9. The van der Waals surface area contributed by atoms with Gasteiger partial charge in [0.25, 0.3) is 0 Å². The molecule has 0 spiro atoms. The van der Waals surface area contributed by atoms with E-state index in [9.17, 15) is 13.8 Å². The summed E-state index contributed by atoms with van der Waals surface area (Å²) in [5, 5.41) is 22.0. The van der Waals surface area contributed by atoms with Gasteiger partial charge in [-0.05, 0) is 6.92 Å². The molecule has 2 amide bonds. The number of carbonyl (C=O) groups is 2. The van der Waals surface area contributed by atoms with E-state index in [1.165, 1.54) is 6.26 Å². The molecular formula is C9H18N2O5S. The van der Waals surface area contributed by atoms with Gasteiger partial charge in [-0.1, -0.05) is 0 Å². The minimum Gasteiger partial charge on any atom is -0.480 e. The zero-order valence-electron chi connectivity index (χ0n) is 9.80. The van der Waals surface area contributed by atoms with Crippen molar-refractivity contribution in [3.63, 3.8) is 0 Å². The van der Waals surface area contributed by atoms with Crippen molar-refractivity contribution in [2.45, 2.75) is 25.4 Å². The molecule has 3 unspecified atom stereocenters. The van der Waals surface area contributed by atoms with Crippen LogP contribution in [0.5, 0.6) is 0 Å². The number of aliphatic carboxylic acids is 1. The molecule has 0 aromatic rings. The fourth-order valence-electron chi connectivity index (χ4n) is 1.20. The van der Waals surface area contributed by atoms with Crippen LogP contribution >= 0.6 is 0 Å². The summed E-state index contributed by atoms with van der Waals surface area (Å²) in [5.74, 6) is -0.911. The molecule has 0 aromatic carbocycles. The summed E-state index contributed by atoms with van der Waals surface area (Å²) in [6, 6.07) is -2.09. The number of hydrogen-bond donors (Lipinski definition) is 4.